The quantitative estimate of drug-likeness (QED) is 0.616. The summed E-state index contributed by atoms with van der Waals surface area (Å²) in [5.41, 5.74) is 7.02. The predicted octanol–water partition coefficient (Wildman–Crippen LogP) is 4.50. The monoisotopic (exact) mass is 432 g/mol. The van der Waals surface area contributed by atoms with Crippen LogP contribution in [-0.4, -0.2) is 22.4 Å². The first-order chi connectivity index (χ1) is 14.2. The molecule has 1 aliphatic heterocycles. The number of hydrogen-bond donors (Lipinski definition) is 1. The van der Waals surface area contributed by atoms with E-state index in [1.165, 1.54) is 12.3 Å². The van der Waals surface area contributed by atoms with Gasteiger partial charge in [-0.05, 0) is 49.2 Å². The summed E-state index contributed by atoms with van der Waals surface area (Å²) in [7, 11) is 0. The van der Waals surface area contributed by atoms with Gasteiger partial charge in [-0.25, -0.2) is 14.4 Å². The molecule has 1 atom stereocenters. The van der Waals surface area contributed by atoms with E-state index in [1.807, 2.05) is 0 Å². The van der Waals surface area contributed by atoms with Crippen LogP contribution in [0.4, 0.5) is 13.2 Å². The van der Waals surface area contributed by atoms with E-state index >= 15 is 0 Å². The summed E-state index contributed by atoms with van der Waals surface area (Å²) in [4.78, 5) is 13.1. The number of halogens is 4. The fraction of sp³-hybridized carbons (Fsp3) is 0.190. The molecule has 5 nitrogen and oxygen atoms in total. The van der Waals surface area contributed by atoms with Gasteiger partial charge in [0.2, 0.25) is 0 Å². The van der Waals surface area contributed by atoms with Crippen LogP contribution in [0.25, 0.3) is 0 Å². The first-order valence-corrected chi connectivity index (χ1v) is 9.32. The second-order valence-corrected chi connectivity index (χ2v) is 7.24. The number of benzene rings is 1. The van der Waals surface area contributed by atoms with Crippen molar-refractivity contribution in [1.29, 1.82) is 0 Å². The summed E-state index contributed by atoms with van der Waals surface area (Å²) in [6.07, 6.45) is 1.50. The molecule has 3 aromatic rings. The zero-order valence-electron chi connectivity index (χ0n) is 16.0. The van der Waals surface area contributed by atoms with E-state index in [0.29, 0.717) is 22.4 Å². The van der Waals surface area contributed by atoms with Crippen molar-refractivity contribution in [3.63, 3.8) is 0 Å². The fourth-order valence-corrected chi connectivity index (χ4v) is 4.02. The number of aryl methyl sites for hydroxylation is 2. The fourth-order valence-electron chi connectivity index (χ4n) is 3.85. The number of hydrogen-bond acceptors (Lipinski definition) is 5. The number of ether oxygens (including phenoxy) is 1. The van der Waals surface area contributed by atoms with Gasteiger partial charge in [-0.1, -0.05) is 23.7 Å². The van der Waals surface area contributed by atoms with Gasteiger partial charge in [-0.2, -0.15) is 8.78 Å². The molecule has 30 heavy (non-hydrogen) atoms. The van der Waals surface area contributed by atoms with E-state index in [-0.39, 0.29) is 28.0 Å². The second-order valence-electron chi connectivity index (χ2n) is 6.85. The van der Waals surface area contributed by atoms with Crippen LogP contribution in [0.3, 0.4) is 0 Å². The number of nitrogens with zero attached hydrogens (tertiary/aromatic N) is 3. The van der Waals surface area contributed by atoms with Crippen LogP contribution in [0, 0.1) is 19.7 Å². The van der Waals surface area contributed by atoms with E-state index < -0.39 is 18.0 Å². The van der Waals surface area contributed by atoms with E-state index in [1.54, 1.807) is 44.2 Å². The van der Waals surface area contributed by atoms with Gasteiger partial charge in [-0.15, -0.1) is 0 Å². The molecular weight excluding hydrogens is 417 g/mol. The van der Waals surface area contributed by atoms with Gasteiger partial charge in [0, 0.05) is 11.8 Å². The zero-order chi connectivity index (χ0) is 21.6. The van der Waals surface area contributed by atoms with E-state index in [4.69, 9.17) is 17.3 Å². The average Bonchev–Trinajstić information content (AvgIpc) is 2.99. The van der Waals surface area contributed by atoms with Crippen molar-refractivity contribution in [2.24, 2.45) is 10.7 Å². The molecule has 0 bridgehead atoms. The lowest BCUT2D eigenvalue weighted by molar-refractivity contribution is -0.0510. The number of rotatable bonds is 4. The normalized spacial score (nSPS) is 17.8. The van der Waals surface area contributed by atoms with Crippen LogP contribution in [0.5, 0.6) is 5.75 Å². The molecule has 0 fully saturated rings. The third-order valence-corrected chi connectivity index (χ3v) is 5.20. The largest absolute Gasteiger partial charge is 0.433 e. The van der Waals surface area contributed by atoms with Gasteiger partial charge < -0.3 is 10.5 Å². The lowest BCUT2D eigenvalue weighted by Crippen LogP contribution is -2.27. The Morgan fingerprint density at radius 3 is 2.60 bits per heavy atom. The molecule has 2 aromatic heterocycles. The minimum absolute atomic E-state index is 0.000970. The van der Waals surface area contributed by atoms with E-state index in [0.717, 1.165) is 0 Å². The average molecular weight is 433 g/mol. The van der Waals surface area contributed by atoms with Gasteiger partial charge in [0.1, 0.15) is 22.6 Å². The third-order valence-electron chi connectivity index (χ3n) is 5.00. The Bertz CT molecular complexity index is 1160. The molecule has 0 saturated carbocycles. The Hall–Kier alpha value is -3.13. The topological polar surface area (TPSA) is 73.4 Å². The van der Waals surface area contributed by atoms with Gasteiger partial charge >= 0.3 is 6.61 Å². The molecule has 1 unspecified atom stereocenters. The van der Waals surface area contributed by atoms with Crippen LogP contribution in [-0.2, 0) is 5.54 Å². The standard InChI is InChI=1S/C21H16ClF3N4O/c1-10-8-15(28-11(2)18(10)30-20(24)25)21(12-6-7-27-16(22)9-12)13-4-3-5-14(23)17(13)19(26)29-21/h3-9,20H,1-2H3,(H2,26,29). The van der Waals surface area contributed by atoms with Crippen molar-refractivity contribution in [3.05, 3.63) is 87.2 Å². The molecule has 0 amide bonds. The molecule has 0 radical (unpaired) electrons. The molecule has 3 heterocycles. The molecule has 4 rings (SSSR count). The predicted molar refractivity (Wildman–Crippen MR) is 107 cm³/mol. The smallest absolute Gasteiger partial charge is 0.387 e. The van der Waals surface area contributed by atoms with Crippen molar-refractivity contribution < 1.29 is 17.9 Å². The SMILES string of the molecule is Cc1cc(C2(c3ccnc(Cl)c3)N=C(N)c3c(F)cccc32)nc(C)c1OC(F)F. The molecule has 0 spiro atoms. The van der Waals surface area contributed by atoms with Crippen LogP contribution >= 0.6 is 11.6 Å². The van der Waals surface area contributed by atoms with Crippen molar-refractivity contribution in [2.75, 3.05) is 0 Å². The molecule has 9 heteroatoms. The Kier molecular flexibility index (Phi) is 4.89. The highest BCUT2D eigenvalue weighted by molar-refractivity contribution is 6.29. The maximum atomic E-state index is 14.6. The number of alkyl halides is 2. The van der Waals surface area contributed by atoms with Gasteiger partial charge in [-0.3, -0.25) is 4.98 Å². The van der Waals surface area contributed by atoms with Crippen LogP contribution < -0.4 is 10.5 Å². The van der Waals surface area contributed by atoms with Gasteiger partial charge in [0.05, 0.1) is 17.0 Å². The number of pyridine rings is 2. The van der Waals surface area contributed by atoms with Crippen molar-refractivity contribution in [3.8, 4) is 5.75 Å². The first kappa shape index (κ1) is 20.2. The lowest BCUT2D eigenvalue weighted by Gasteiger charge is -2.29. The van der Waals surface area contributed by atoms with Crippen molar-refractivity contribution in [1.82, 2.24) is 9.97 Å². The molecule has 154 valence electrons. The number of aromatic nitrogens is 2. The Morgan fingerprint density at radius 1 is 1.17 bits per heavy atom. The Morgan fingerprint density at radius 2 is 1.93 bits per heavy atom. The summed E-state index contributed by atoms with van der Waals surface area (Å²) in [5, 5.41) is 0.205. The van der Waals surface area contributed by atoms with Crippen molar-refractivity contribution in [2.45, 2.75) is 26.0 Å². The molecule has 1 aromatic carbocycles. The molecule has 0 saturated heterocycles. The third kappa shape index (κ3) is 3.08. The highest BCUT2D eigenvalue weighted by Crippen LogP contribution is 2.47. The van der Waals surface area contributed by atoms with Gasteiger partial charge in [0.25, 0.3) is 0 Å². The Balaban J connectivity index is 2.05. The van der Waals surface area contributed by atoms with Crippen molar-refractivity contribution >= 4 is 17.4 Å². The minimum atomic E-state index is -2.99. The molecule has 2 N–H and O–H groups in total. The molecule has 0 aliphatic carbocycles. The summed E-state index contributed by atoms with van der Waals surface area (Å²) < 4.78 is 44.9. The Labute approximate surface area is 175 Å². The zero-order valence-corrected chi connectivity index (χ0v) is 16.7. The highest BCUT2D eigenvalue weighted by atomic mass is 35.5. The summed E-state index contributed by atoms with van der Waals surface area (Å²) in [5.74, 6) is -0.547. The van der Waals surface area contributed by atoms with Crippen LogP contribution in [0.15, 0.2) is 47.6 Å². The van der Waals surface area contributed by atoms with E-state index in [2.05, 4.69) is 19.7 Å². The van der Waals surface area contributed by atoms with Crippen LogP contribution in [0.1, 0.15) is 33.6 Å². The number of fused-ring (bicyclic) bond motifs is 1. The molecule has 1 aliphatic rings. The van der Waals surface area contributed by atoms with Gasteiger partial charge in [0.15, 0.2) is 5.54 Å². The minimum Gasteiger partial charge on any atom is -0.433 e. The summed E-state index contributed by atoms with van der Waals surface area (Å²) in [6, 6.07) is 9.39. The second kappa shape index (κ2) is 7.28. The number of nitrogens with two attached hydrogens (primary N) is 1. The number of aliphatic imine (C=N–C) groups is 1. The maximum absolute atomic E-state index is 14.6. The highest BCUT2D eigenvalue weighted by Gasteiger charge is 2.46. The summed E-state index contributed by atoms with van der Waals surface area (Å²) in [6.45, 7) is 0.186. The maximum Gasteiger partial charge on any atom is 0.387 e. The first-order valence-electron chi connectivity index (χ1n) is 8.94. The van der Waals surface area contributed by atoms with E-state index in [9.17, 15) is 13.2 Å². The lowest BCUT2D eigenvalue weighted by atomic mass is 9.80. The summed E-state index contributed by atoms with van der Waals surface area (Å²) >= 11 is 6.12. The van der Waals surface area contributed by atoms with Crippen LogP contribution in [0.2, 0.25) is 5.15 Å². The molecular formula is C21H16ClF3N4O. The number of amidine groups is 1.